The van der Waals surface area contributed by atoms with Crippen LogP contribution >= 0.6 is 0 Å². The predicted molar refractivity (Wildman–Crippen MR) is 95.8 cm³/mol. The van der Waals surface area contributed by atoms with Crippen LogP contribution in [0.5, 0.6) is 5.75 Å². The van der Waals surface area contributed by atoms with Crippen molar-refractivity contribution in [2.75, 3.05) is 7.11 Å². The highest BCUT2D eigenvalue weighted by atomic mass is 16.5. The molecule has 0 atom stereocenters. The SMILES string of the molecule is COc1ccc(-c2nn(-c3ccccc3)cc2-c2cc(C)no2)cc1. The van der Waals surface area contributed by atoms with Crippen molar-refractivity contribution in [2.45, 2.75) is 6.92 Å². The van der Waals surface area contributed by atoms with Crippen molar-refractivity contribution >= 4 is 0 Å². The van der Waals surface area contributed by atoms with Crippen molar-refractivity contribution in [3.63, 3.8) is 0 Å². The number of aromatic nitrogens is 3. The number of hydrogen-bond donors (Lipinski definition) is 0. The fourth-order valence-corrected chi connectivity index (χ4v) is 2.72. The van der Waals surface area contributed by atoms with Gasteiger partial charge >= 0.3 is 0 Å². The van der Waals surface area contributed by atoms with Crippen LogP contribution in [0.2, 0.25) is 0 Å². The second-order valence-electron chi connectivity index (χ2n) is 5.73. The minimum atomic E-state index is 0.700. The van der Waals surface area contributed by atoms with Crippen molar-refractivity contribution in [1.29, 1.82) is 0 Å². The van der Waals surface area contributed by atoms with Crippen LogP contribution in [0.25, 0.3) is 28.3 Å². The van der Waals surface area contributed by atoms with Gasteiger partial charge in [-0.2, -0.15) is 5.10 Å². The van der Waals surface area contributed by atoms with E-state index in [1.807, 2.05) is 78.5 Å². The Hall–Kier alpha value is -3.34. The molecule has 4 rings (SSSR count). The van der Waals surface area contributed by atoms with Gasteiger partial charge in [-0.25, -0.2) is 4.68 Å². The lowest BCUT2D eigenvalue weighted by Crippen LogP contribution is -1.94. The summed E-state index contributed by atoms with van der Waals surface area (Å²) < 4.78 is 12.6. The molecule has 2 aromatic heterocycles. The molecule has 25 heavy (non-hydrogen) atoms. The summed E-state index contributed by atoms with van der Waals surface area (Å²) in [5.74, 6) is 1.51. The third kappa shape index (κ3) is 2.92. The summed E-state index contributed by atoms with van der Waals surface area (Å²) in [7, 11) is 1.65. The van der Waals surface area contributed by atoms with E-state index in [9.17, 15) is 0 Å². The zero-order valence-electron chi connectivity index (χ0n) is 14.0. The molecule has 0 amide bonds. The van der Waals surface area contributed by atoms with Gasteiger partial charge in [0.15, 0.2) is 5.76 Å². The molecule has 2 aromatic carbocycles. The van der Waals surface area contributed by atoms with Gasteiger partial charge in [-0.3, -0.25) is 0 Å². The van der Waals surface area contributed by atoms with Crippen LogP contribution in [0.1, 0.15) is 5.69 Å². The Balaban J connectivity index is 1.87. The largest absolute Gasteiger partial charge is 0.497 e. The summed E-state index contributed by atoms with van der Waals surface area (Å²) in [6.07, 6.45) is 1.97. The third-order valence-corrected chi connectivity index (χ3v) is 3.99. The van der Waals surface area contributed by atoms with Gasteiger partial charge in [0.2, 0.25) is 0 Å². The predicted octanol–water partition coefficient (Wildman–Crippen LogP) is 4.51. The van der Waals surface area contributed by atoms with E-state index >= 15 is 0 Å². The fraction of sp³-hybridized carbons (Fsp3) is 0.100. The van der Waals surface area contributed by atoms with Crippen LogP contribution < -0.4 is 4.74 Å². The Morgan fingerprint density at radius 3 is 2.40 bits per heavy atom. The van der Waals surface area contributed by atoms with E-state index in [1.165, 1.54) is 0 Å². The van der Waals surface area contributed by atoms with Gasteiger partial charge in [-0.15, -0.1) is 0 Å². The molecular formula is C20H17N3O2. The van der Waals surface area contributed by atoms with Crippen molar-refractivity contribution < 1.29 is 9.26 Å². The number of hydrogen-bond acceptors (Lipinski definition) is 4. The van der Waals surface area contributed by atoms with Crippen LogP contribution in [0, 0.1) is 6.92 Å². The average Bonchev–Trinajstić information content (AvgIpc) is 3.29. The van der Waals surface area contributed by atoms with Crippen molar-refractivity contribution in [2.24, 2.45) is 0 Å². The van der Waals surface area contributed by atoms with Gasteiger partial charge < -0.3 is 9.26 Å². The lowest BCUT2D eigenvalue weighted by molar-refractivity contribution is 0.415. The molecule has 124 valence electrons. The number of aryl methyl sites for hydroxylation is 1. The van der Waals surface area contributed by atoms with E-state index in [-0.39, 0.29) is 0 Å². The molecule has 0 spiro atoms. The van der Waals surface area contributed by atoms with E-state index in [1.54, 1.807) is 7.11 Å². The Morgan fingerprint density at radius 2 is 1.76 bits per heavy atom. The molecule has 0 saturated heterocycles. The molecule has 0 fully saturated rings. The van der Waals surface area contributed by atoms with Gasteiger partial charge in [0.25, 0.3) is 0 Å². The van der Waals surface area contributed by atoms with Crippen LogP contribution in [-0.2, 0) is 0 Å². The minimum absolute atomic E-state index is 0.700. The molecule has 0 saturated carbocycles. The van der Waals surface area contributed by atoms with Gasteiger partial charge in [-0.05, 0) is 43.3 Å². The first-order valence-electron chi connectivity index (χ1n) is 7.98. The highest BCUT2D eigenvalue weighted by Gasteiger charge is 2.17. The average molecular weight is 331 g/mol. The number of para-hydroxylation sites is 1. The Labute approximate surface area is 145 Å². The van der Waals surface area contributed by atoms with Gasteiger partial charge in [-0.1, -0.05) is 23.4 Å². The van der Waals surface area contributed by atoms with Crippen LogP contribution in [-0.4, -0.2) is 22.0 Å². The second-order valence-corrected chi connectivity index (χ2v) is 5.73. The van der Waals surface area contributed by atoms with Crippen LogP contribution in [0.15, 0.2) is 71.4 Å². The molecule has 4 aromatic rings. The molecule has 5 heteroatoms. The van der Waals surface area contributed by atoms with E-state index in [4.69, 9.17) is 14.4 Å². The van der Waals surface area contributed by atoms with E-state index in [2.05, 4.69) is 5.16 Å². The highest BCUT2D eigenvalue weighted by molar-refractivity contribution is 5.78. The molecule has 0 N–H and O–H groups in total. The number of ether oxygens (including phenoxy) is 1. The normalized spacial score (nSPS) is 10.8. The third-order valence-electron chi connectivity index (χ3n) is 3.99. The first-order chi connectivity index (χ1) is 12.2. The Bertz CT molecular complexity index is 985. The van der Waals surface area contributed by atoms with E-state index < -0.39 is 0 Å². The fourth-order valence-electron chi connectivity index (χ4n) is 2.72. The van der Waals surface area contributed by atoms with E-state index in [0.717, 1.165) is 34.0 Å². The molecule has 0 aliphatic carbocycles. The maximum absolute atomic E-state index is 5.48. The quantitative estimate of drug-likeness (QED) is 0.552. The Morgan fingerprint density at radius 1 is 1.00 bits per heavy atom. The first kappa shape index (κ1) is 15.2. The zero-order chi connectivity index (χ0) is 17.2. The second kappa shape index (κ2) is 6.28. The summed E-state index contributed by atoms with van der Waals surface area (Å²) in [5.41, 5.74) is 4.54. The maximum atomic E-state index is 5.48. The molecular weight excluding hydrogens is 314 g/mol. The number of methoxy groups -OCH3 is 1. The lowest BCUT2D eigenvalue weighted by Gasteiger charge is -2.02. The van der Waals surface area contributed by atoms with E-state index in [0.29, 0.717) is 5.76 Å². The van der Waals surface area contributed by atoms with Crippen molar-refractivity contribution in [3.8, 4) is 34.0 Å². The van der Waals surface area contributed by atoms with Crippen molar-refractivity contribution in [3.05, 3.63) is 72.6 Å². The topological polar surface area (TPSA) is 53.1 Å². The number of rotatable bonds is 4. The van der Waals surface area contributed by atoms with Gasteiger partial charge in [0.1, 0.15) is 11.4 Å². The highest BCUT2D eigenvalue weighted by Crippen LogP contribution is 2.33. The standard InChI is InChI=1S/C20H17N3O2/c1-14-12-19(25-22-14)18-13-23(16-6-4-3-5-7-16)21-20(18)15-8-10-17(24-2)11-9-15/h3-13H,1-2H3. The van der Waals surface area contributed by atoms with Gasteiger partial charge in [0, 0.05) is 17.8 Å². The summed E-state index contributed by atoms with van der Waals surface area (Å²) in [5, 5.41) is 8.79. The molecule has 0 aliphatic heterocycles. The molecule has 2 heterocycles. The summed E-state index contributed by atoms with van der Waals surface area (Å²) in [6.45, 7) is 1.90. The summed E-state index contributed by atoms with van der Waals surface area (Å²) in [6, 6.07) is 19.7. The molecule has 0 bridgehead atoms. The smallest absolute Gasteiger partial charge is 0.170 e. The zero-order valence-corrected chi connectivity index (χ0v) is 14.0. The maximum Gasteiger partial charge on any atom is 0.170 e. The summed E-state index contributed by atoms with van der Waals surface area (Å²) >= 11 is 0. The number of nitrogens with zero attached hydrogens (tertiary/aromatic N) is 3. The first-order valence-corrected chi connectivity index (χ1v) is 7.98. The number of benzene rings is 2. The summed E-state index contributed by atoms with van der Waals surface area (Å²) in [4.78, 5) is 0. The minimum Gasteiger partial charge on any atom is -0.497 e. The molecule has 0 radical (unpaired) electrons. The molecule has 5 nitrogen and oxygen atoms in total. The molecule has 0 aliphatic rings. The van der Waals surface area contributed by atoms with Crippen LogP contribution in [0.4, 0.5) is 0 Å². The van der Waals surface area contributed by atoms with Crippen molar-refractivity contribution in [1.82, 2.24) is 14.9 Å². The molecule has 0 unspecified atom stereocenters. The van der Waals surface area contributed by atoms with Gasteiger partial charge in [0.05, 0.1) is 24.1 Å². The Kier molecular flexibility index (Phi) is 3.82. The van der Waals surface area contributed by atoms with Crippen LogP contribution in [0.3, 0.4) is 0 Å². The monoisotopic (exact) mass is 331 g/mol. The lowest BCUT2D eigenvalue weighted by atomic mass is 10.1.